The monoisotopic (exact) mass is 318 g/mol. The van der Waals surface area contributed by atoms with E-state index in [-0.39, 0.29) is 5.91 Å². The van der Waals surface area contributed by atoms with Crippen LogP contribution in [-0.4, -0.2) is 17.2 Å². The smallest absolute Gasteiger partial charge is 0.240 e. The number of H-pyrrole nitrogens is 1. The van der Waals surface area contributed by atoms with E-state index in [1.54, 1.807) is 0 Å². The van der Waals surface area contributed by atoms with Crippen molar-refractivity contribution in [3.63, 3.8) is 0 Å². The highest BCUT2D eigenvalue weighted by Crippen LogP contribution is 2.50. The van der Waals surface area contributed by atoms with E-state index in [0.29, 0.717) is 6.42 Å². The number of carbonyl (C=O) groups excluding carboxylic acids is 2. The predicted octanol–water partition coefficient (Wildman–Crippen LogP) is 3.63. The number of nitrogens with one attached hydrogen (secondary N) is 2. The molecule has 24 heavy (non-hydrogen) atoms. The van der Waals surface area contributed by atoms with Gasteiger partial charge in [-0.15, -0.1) is 0 Å². The summed E-state index contributed by atoms with van der Waals surface area (Å²) in [6.07, 6.45) is 3.38. The number of aromatic nitrogens is 1. The third kappa shape index (κ3) is 1.74. The maximum Gasteiger partial charge on any atom is 0.240 e. The van der Waals surface area contributed by atoms with Crippen molar-refractivity contribution < 1.29 is 9.59 Å². The van der Waals surface area contributed by atoms with Crippen LogP contribution < -0.4 is 5.32 Å². The van der Waals surface area contributed by atoms with Gasteiger partial charge in [0.1, 0.15) is 11.7 Å². The highest BCUT2D eigenvalue weighted by molar-refractivity contribution is 6.12. The lowest BCUT2D eigenvalue weighted by atomic mass is 9.66. The Balaban J connectivity index is 2.10. The minimum absolute atomic E-state index is 0.132. The van der Waals surface area contributed by atoms with Crippen molar-refractivity contribution in [3.05, 3.63) is 65.9 Å². The van der Waals surface area contributed by atoms with Gasteiger partial charge in [-0.2, -0.15) is 0 Å². The molecule has 3 aromatic rings. The standard InChI is InChI=1S/C20H18N2O2/c1-2-13(12-23)20(15-8-4-6-10-18(15)22-19(20)24)16-11-21-17-9-5-3-7-14(16)17/h3-13,21H,2H2,1H3,(H,22,24)/t13-,20-/m0/s1. The van der Waals surface area contributed by atoms with Crippen molar-refractivity contribution in [2.75, 3.05) is 5.32 Å². The SMILES string of the molecule is CC[C@@H](C=O)[C@]1(c2c[nH]c3ccccc23)C(=O)Nc2ccccc21. The number of rotatable bonds is 4. The molecule has 0 radical (unpaired) electrons. The Hall–Kier alpha value is -2.88. The minimum Gasteiger partial charge on any atom is -0.361 e. The molecule has 1 aliphatic rings. The molecule has 0 bridgehead atoms. The summed E-state index contributed by atoms with van der Waals surface area (Å²) in [5, 5.41) is 3.96. The van der Waals surface area contributed by atoms with Gasteiger partial charge >= 0.3 is 0 Å². The fraction of sp³-hybridized carbons (Fsp3) is 0.200. The van der Waals surface area contributed by atoms with E-state index < -0.39 is 11.3 Å². The molecule has 4 heteroatoms. The average molecular weight is 318 g/mol. The van der Waals surface area contributed by atoms with Crippen molar-refractivity contribution >= 4 is 28.8 Å². The summed E-state index contributed by atoms with van der Waals surface area (Å²) in [6, 6.07) is 15.5. The summed E-state index contributed by atoms with van der Waals surface area (Å²) in [6.45, 7) is 1.95. The molecule has 1 aliphatic heterocycles. The number of amides is 1. The van der Waals surface area contributed by atoms with Crippen LogP contribution in [0.3, 0.4) is 0 Å². The number of hydrogen-bond donors (Lipinski definition) is 2. The molecular weight excluding hydrogens is 300 g/mol. The molecule has 0 spiro atoms. The maximum absolute atomic E-state index is 13.2. The van der Waals surface area contributed by atoms with E-state index >= 15 is 0 Å². The Morgan fingerprint density at radius 2 is 1.83 bits per heavy atom. The fourth-order valence-electron chi connectivity index (χ4n) is 4.02. The number of para-hydroxylation sites is 2. The Labute approximate surface area is 139 Å². The molecule has 0 aliphatic carbocycles. The highest BCUT2D eigenvalue weighted by Gasteiger charge is 2.54. The topological polar surface area (TPSA) is 62.0 Å². The number of hydrogen-bond acceptors (Lipinski definition) is 2. The van der Waals surface area contributed by atoms with E-state index in [2.05, 4.69) is 10.3 Å². The van der Waals surface area contributed by atoms with Crippen LogP contribution in [0.5, 0.6) is 0 Å². The van der Waals surface area contributed by atoms with Gasteiger partial charge in [-0.25, -0.2) is 0 Å². The lowest BCUT2D eigenvalue weighted by Gasteiger charge is -2.32. The lowest BCUT2D eigenvalue weighted by molar-refractivity contribution is -0.125. The minimum atomic E-state index is -0.993. The van der Waals surface area contributed by atoms with Gasteiger partial charge in [0, 0.05) is 28.7 Å². The van der Waals surface area contributed by atoms with Gasteiger partial charge in [0.25, 0.3) is 0 Å². The van der Waals surface area contributed by atoms with E-state index in [0.717, 1.165) is 34.0 Å². The van der Waals surface area contributed by atoms with Gasteiger partial charge in [-0.3, -0.25) is 4.79 Å². The van der Waals surface area contributed by atoms with Crippen LogP contribution >= 0.6 is 0 Å². The summed E-state index contributed by atoms with van der Waals surface area (Å²) in [7, 11) is 0. The number of fused-ring (bicyclic) bond motifs is 2. The molecular formula is C20H18N2O2. The second-order valence-corrected chi connectivity index (χ2v) is 6.21. The zero-order chi connectivity index (χ0) is 16.7. The first-order valence-corrected chi connectivity index (χ1v) is 8.16. The Morgan fingerprint density at radius 1 is 1.08 bits per heavy atom. The molecule has 1 aromatic heterocycles. The van der Waals surface area contributed by atoms with Crippen molar-refractivity contribution in [1.82, 2.24) is 4.98 Å². The summed E-state index contributed by atoms with van der Waals surface area (Å²) in [5.74, 6) is -0.562. The predicted molar refractivity (Wildman–Crippen MR) is 94.0 cm³/mol. The third-order valence-electron chi connectivity index (χ3n) is 5.13. The summed E-state index contributed by atoms with van der Waals surface area (Å²) < 4.78 is 0. The van der Waals surface area contributed by atoms with E-state index in [9.17, 15) is 9.59 Å². The quantitative estimate of drug-likeness (QED) is 0.722. The van der Waals surface area contributed by atoms with Crippen molar-refractivity contribution in [1.29, 1.82) is 0 Å². The molecule has 1 amide bonds. The molecule has 4 rings (SSSR count). The fourth-order valence-corrected chi connectivity index (χ4v) is 4.02. The summed E-state index contributed by atoms with van der Waals surface area (Å²) in [5.41, 5.74) is 2.49. The Kier molecular flexibility index (Phi) is 3.27. The zero-order valence-corrected chi connectivity index (χ0v) is 13.4. The van der Waals surface area contributed by atoms with Crippen LogP contribution in [-0.2, 0) is 15.0 Å². The van der Waals surface area contributed by atoms with Gasteiger partial charge in [-0.1, -0.05) is 43.3 Å². The second kappa shape index (κ2) is 5.34. The Morgan fingerprint density at radius 3 is 2.62 bits per heavy atom. The number of anilines is 1. The second-order valence-electron chi connectivity index (χ2n) is 6.21. The summed E-state index contributed by atoms with van der Waals surface area (Å²) >= 11 is 0. The first kappa shape index (κ1) is 14.7. The summed E-state index contributed by atoms with van der Waals surface area (Å²) in [4.78, 5) is 28.3. The largest absolute Gasteiger partial charge is 0.361 e. The van der Waals surface area contributed by atoms with Gasteiger partial charge < -0.3 is 15.1 Å². The lowest BCUT2D eigenvalue weighted by Crippen LogP contribution is -2.43. The molecule has 2 aromatic carbocycles. The van der Waals surface area contributed by atoms with Crippen molar-refractivity contribution in [2.45, 2.75) is 18.8 Å². The van der Waals surface area contributed by atoms with Gasteiger partial charge in [0.15, 0.2) is 0 Å². The van der Waals surface area contributed by atoms with Crippen molar-refractivity contribution in [2.24, 2.45) is 5.92 Å². The Bertz CT molecular complexity index is 943. The molecule has 0 saturated carbocycles. The molecule has 0 unspecified atom stereocenters. The van der Waals surface area contributed by atoms with Crippen LogP contribution in [0.1, 0.15) is 24.5 Å². The number of aromatic amines is 1. The van der Waals surface area contributed by atoms with Crippen LogP contribution in [0.15, 0.2) is 54.7 Å². The molecule has 2 heterocycles. The van der Waals surface area contributed by atoms with E-state index in [1.807, 2.05) is 61.7 Å². The zero-order valence-electron chi connectivity index (χ0n) is 13.4. The van der Waals surface area contributed by atoms with E-state index in [1.165, 1.54) is 0 Å². The highest BCUT2D eigenvalue weighted by atomic mass is 16.2. The van der Waals surface area contributed by atoms with Gasteiger partial charge in [0.2, 0.25) is 5.91 Å². The van der Waals surface area contributed by atoms with Gasteiger partial charge in [-0.05, 0) is 29.7 Å². The first-order chi connectivity index (χ1) is 11.7. The number of carbonyl (C=O) groups is 2. The third-order valence-corrected chi connectivity index (χ3v) is 5.13. The first-order valence-electron chi connectivity index (χ1n) is 8.16. The van der Waals surface area contributed by atoms with Crippen LogP contribution in [0.25, 0.3) is 10.9 Å². The van der Waals surface area contributed by atoms with Crippen LogP contribution in [0.4, 0.5) is 5.69 Å². The average Bonchev–Trinajstić information content (AvgIpc) is 3.16. The molecule has 0 saturated heterocycles. The molecule has 120 valence electrons. The molecule has 2 atom stereocenters. The molecule has 2 N–H and O–H groups in total. The number of aldehydes is 1. The van der Waals surface area contributed by atoms with Crippen molar-refractivity contribution in [3.8, 4) is 0 Å². The normalized spacial score (nSPS) is 20.6. The number of benzene rings is 2. The molecule has 0 fully saturated rings. The van der Waals surface area contributed by atoms with E-state index in [4.69, 9.17) is 0 Å². The van der Waals surface area contributed by atoms with Crippen LogP contribution in [0.2, 0.25) is 0 Å². The molecule has 4 nitrogen and oxygen atoms in total. The van der Waals surface area contributed by atoms with Crippen LogP contribution in [0, 0.1) is 5.92 Å². The van der Waals surface area contributed by atoms with Gasteiger partial charge in [0.05, 0.1) is 0 Å². The maximum atomic E-state index is 13.2.